The maximum atomic E-state index is 6.35. The van der Waals surface area contributed by atoms with Crippen LogP contribution in [-0.4, -0.2) is 31.3 Å². The molecular weight excluding hydrogens is 660 g/mol. The van der Waals surface area contributed by atoms with E-state index in [4.69, 9.17) is 4.74 Å². The Morgan fingerprint density at radius 2 is 1.32 bits per heavy atom. The number of rotatable bonds is 10. The van der Waals surface area contributed by atoms with E-state index >= 15 is 0 Å². The second-order valence-electron chi connectivity index (χ2n) is 14.7. The number of ether oxygens (including phenoxy) is 1. The van der Waals surface area contributed by atoms with Crippen LogP contribution in [0.15, 0.2) is 30.3 Å². The third-order valence-corrected chi connectivity index (χ3v) is 32.1. The minimum atomic E-state index is -2.01. The van der Waals surface area contributed by atoms with Crippen LogP contribution in [0, 0.1) is 44.0 Å². The standard InChI is InChI=1S/C24H37OSi.2C4H11Si.Lu/c1-11-26(12-2,23-18(5)15-17(4)19(23)6)21-14-16(3)13-20(22(21)25-10)24(7,8)9;2*1-5(2,3)4;/h13-14,18H,11-12H2,1-10H3;2*1H2,2-4H3;. The first-order valence-corrected chi connectivity index (χ1v) is 27.2. The zero-order chi connectivity index (χ0) is 28.7. The van der Waals surface area contributed by atoms with E-state index in [1.807, 2.05) is 14.1 Å². The Labute approximate surface area is 247 Å². The number of allylic oxidation sites excluding steroid dienone is 4. The maximum absolute atomic E-state index is 6.35. The Hall–Kier alpha value is 0.384. The fraction of sp³-hybridized carbons (Fsp3) is 0.688. The molecule has 1 aromatic carbocycles. The summed E-state index contributed by atoms with van der Waals surface area (Å²) in [5.41, 5.74) is 6.15. The van der Waals surface area contributed by atoms with Gasteiger partial charge in [0.05, 0.1) is 0 Å². The van der Waals surface area contributed by atoms with Gasteiger partial charge in [-0.1, -0.05) is 0 Å². The first kappa shape index (κ1) is 33.6. The van der Waals surface area contributed by atoms with Crippen LogP contribution in [0.2, 0.25) is 55.9 Å². The molecule has 0 heterocycles. The molecule has 37 heavy (non-hydrogen) atoms. The fourth-order valence-corrected chi connectivity index (χ4v) is 32.3. The fourth-order valence-electron chi connectivity index (χ4n) is 6.04. The zero-order valence-corrected chi connectivity index (χ0v) is 31.9. The molecule has 1 aliphatic rings. The van der Waals surface area contributed by atoms with Gasteiger partial charge in [-0.05, 0) is 0 Å². The van der Waals surface area contributed by atoms with Gasteiger partial charge in [-0.3, -0.25) is 0 Å². The van der Waals surface area contributed by atoms with E-state index in [9.17, 15) is 0 Å². The Balaban J connectivity index is 2.81. The first-order valence-electron chi connectivity index (χ1n) is 14.2. The van der Waals surface area contributed by atoms with Crippen LogP contribution >= 0.6 is 0 Å². The van der Waals surface area contributed by atoms with Crippen molar-refractivity contribution in [1.82, 2.24) is 0 Å². The van der Waals surface area contributed by atoms with E-state index in [2.05, 4.69) is 114 Å². The molecule has 0 fully saturated rings. The normalized spacial score (nSPS) is 18.2. The molecule has 1 nitrogen and oxygen atoms in total. The molecule has 2 rings (SSSR count). The molecule has 0 N–H and O–H groups in total. The molecule has 5 heteroatoms. The summed E-state index contributed by atoms with van der Waals surface area (Å²) in [7, 11) is -2.42. The van der Waals surface area contributed by atoms with E-state index in [1.165, 1.54) is 33.5 Å². The van der Waals surface area contributed by atoms with Crippen molar-refractivity contribution in [2.75, 3.05) is 7.11 Å². The summed E-state index contributed by atoms with van der Waals surface area (Å²) < 4.78 is 11.3. The molecule has 1 aromatic rings. The molecule has 220 valence electrons. The third-order valence-electron chi connectivity index (χ3n) is 7.49. The summed E-state index contributed by atoms with van der Waals surface area (Å²) in [4.78, 5) is 0. The Morgan fingerprint density at radius 3 is 1.70 bits per heavy atom. The van der Waals surface area contributed by atoms with Gasteiger partial charge >= 0.3 is 249 Å². The van der Waals surface area contributed by atoms with Gasteiger partial charge in [0.2, 0.25) is 0 Å². The predicted octanol–water partition coefficient (Wildman–Crippen LogP) is 9.99. The van der Waals surface area contributed by atoms with Crippen molar-refractivity contribution in [3.05, 3.63) is 41.4 Å². The Morgan fingerprint density at radius 1 is 0.838 bits per heavy atom. The molecule has 0 saturated carbocycles. The van der Waals surface area contributed by atoms with Crippen molar-refractivity contribution >= 4 is 29.4 Å². The Kier molecular flexibility index (Phi) is 11.0. The van der Waals surface area contributed by atoms with E-state index < -0.39 is 55.3 Å². The average Bonchev–Trinajstić information content (AvgIpc) is 2.95. The average molecular weight is 719 g/mol. The number of aryl methyl sites for hydroxylation is 1. The summed E-state index contributed by atoms with van der Waals surface area (Å²) in [5.74, 6) is 1.78. The summed E-state index contributed by atoms with van der Waals surface area (Å²) in [5, 5.41) is 3.40. The van der Waals surface area contributed by atoms with Crippen LogP contribution in [0.1, 0.15) is 66.5 Å². The van der Waals surface area contributed by atoms with Crippen LogP contribution in [0.4, 0.5) is 0 Å². The quantitative estimate of drug-likeness (QED) is 0.219. The van der Waals surface area contributed by atoms with Gasteiger partial charge in [-0.25, -0.2) is 0 Å². The van der Waals surface area contributed by atoms with E-state index in [1.54, 1.807) is 16.3 Å². The van der Waals surface area contributed by atoms with E-state index in [0.29, 0.717) is 5.92 Å². The van der Waals surface area contributed by atoms with Crippen LogP contribution in [0.25, 0.3) is 0 Å². The van der Waals surface area contributed by atoms with Gasteiger partial charge in [0.25, 0.3) is 0 Å². The van der Waals surface area contributed by atoms with Crippen molar-refractivity contribution < 1.29 is 35.9 Å². The number of benzene rings is 1. The SMILES string of the molecule is CC[Si](CC)(C1=C(C)C(C)=[C]([Lu]([CH2][Si](C)(C)C)[CH2][Si](C)(C)C)C1C)c1cc(C)cc(C(C)(C)C)c1OC. The monoisotopic (exact) mass is 718 g/mol. The van der Waals surface area contributed by atoms with E-state index in [0.717, 1.165) is 0 Å². The summed E-state index contributed by atoms with van der Waals surface area (Å²) in [6, 6.07) is 7.39. The molecule has 1 atom stereocenters. The van der Waals surface area contributed by atoms with Crippen LogP contribution in [-0.2, 0) is 5.41 Å². The van der Waals surface area contributed by atoms with Crippen molar-refractivity contribution in [2.45, 2.75) is 124 Å². The number of hydrogen-bond donors (Lipinski definition) is 0. The zero-order valence-electron chi connectivity index (χ0n) is 27.2. The molecule has 0 spiro atoms. The van der Waals surface area contributed by atoms with Gasteiger partial charge in [-0.2, -0.15) is 0 Å². The van der Waals surface area contributed by atoms with Gasteiger partial charge in [0.1, 0.15) is 0 Å². The summed E-state index contributed by atoms with van der Waals surface area (Å²) >= 11 is -0.677. The molecule has 0 aliphatic heterocycles. The predicted molar refractivity (Wildman–Crippen MR) is 174 cm³/mol. The molecular formula is C32H59LuOSi3. The van der Waals surface area contributed by atoms with E-state index in [-0.39, 0.29) is 5.41 Å². The molecule has 0 aromatic heterocycles. The summed E-state index contributed by atoms with van der Waals surface area (Å²) in [6.45, 7) is 37.4. The minimum absolute atomic E-state index is 0.0586. The number of hydrogen-bond acceptors (Lipinski definition) is 1. The third kappa shape index (κ3) is 7.37. The topological polar surface area (TPSA) is 9.23 Å². The van der Waals surface area contributed by atoms with Gasteiger partial charge in [0.15, 0.2) is 0 Å². The van der Waals surface area contributed by atoms with Crippen molar-refractivity contribution in [3.63, 3.8) is 0 Å². The van der Waals surface area contributed by atoms with Gasteiger partial charge < -0.3 is 0 Å². The molecule has 1 unspecified atom stereocenters. The molecule has 1 aliphatic carbocycles. The van der Waals surface area contributed by atoms with Crippen molar-refractivity contribution in [3.8, 4) is 5.75 Å². The van der Waals surface area contributed by atoms with Crippen LogP contribution in [0.3, 0.4) is 0 Å². The molecule has 0 radical (unpaired) electrons. The molecule has 0 saturated heterocycles. The van der Waals surface area contributed by atoms with Crippen LogP contribution in [0.5, 0.6) is 5.75 Å². The number of methoxy groups -OCH3 is 1. The molecule has 0 amide bonds. The van der Waals surface area contributed by atoms with Crippen LogP contribution < -0.4 is 9.92 Å². The van der Waals surface area contributed by atoms with Gasteiger partial charge in [0, 0.05) is 0 Å². The second-order valence-corrected chi connectivity index (χ2v) is 36.4. The van der Waals surface area contributed by atoms with Crippen molar-refractivity contribution in [1.29, 1.82) is 0 Å². The first-order chi connectivity index (χ1) is 16.7. The van der Waals surface area contributed by atoms with Gasteiger partial charge in [-0.15, -0.1) is 0 Å². The Bertz CT molecular complexity index is 1030. The molecule has 0 bridgehead atoms. The summed E-state index contributed by atoms with van der Waals surface area (Å²) in [6.07, 6.45) is 0. The van der Waals surface area contributed by atoms with Crippen molar-refractivity contribution in [2.24, 2.45) is 5.92 Å². The second kappa shape index (κ2) is 12.1.